The standard InChI is InChI=1S/C21H21N5O4/c1-24-8-10-25(11-9-24)15-4-2-14(3-5-15)22-13-19-18-12-16(26(29)30)6-7-17(18)20(27)23-21(19)28/h2-7,12-13,22H,8-11H2,1H3,(H,23,27,28)/b19-13-. The Hall–Kier alpha value is -3.72. The number of likely N-dealkylation sites (N-methyl/N-ethyl adjacent to an activating group) is 1. The lowest BCUT2D eigenvalue weighted by atomic mass is 9.95. The Kier molecular flexibility index (Phi) is 5.20. The quantitative estimate of drug-likeness (QED) is 0.346. The number of nitrogens with zero attached hydrogens (tertiary/aromatic N) is 3. The lowest BCUT2D eigenvalue weighted by Gasteiger charge is -2.34. The number of nitro groups is 1. The normalized spacial score (nSPS) is 18.2. The molecule has 154 valence electrons. The highest BCUT2D eigenvalue weighted by molar-refractivity contribution is 6.31. The average molecular weight is 407 g/mol. The number of nitro benzene ring substituents is 1. The van der Waals surface area contributed by atoms with Crippen LogP contribution in [0.2, 0.25) is 0 Å². The first-order valence-corrected chi connectivity index (χ1v) is 9.57. The van der Waals surface area contributed by atoms with E-state index in [-0.39, 0.29) is 22.4 Å². The summed E-state index contributed by atoms with van der Waals surface area (Å²) in [6, 6.07) is 11.7. The third-order valence-electron chi connectivity index (χ3n) is 5.34. The number of carbonyl (C=O) groups excluding carboxylic acids is 2. The van der Waals surface area contributed by atoms with Gasteiger partial charge in [-0.15, -0.1) is 0 Å². The summed E-state index contributed by atoms with van der Waals surface area (Å²) in [5.41, 5.74) is 2.33. The molecular weight excluding hydrogens is 386 g/mol. The van der Waals surface area contributed by atoms with E-state index in [1.54, 1.807) is 0 Å². The van der Waals surface area contributed by atoms with Gasteiger partial charge in [0.05, 0.1) is 10.5 Å². The molecule has 2 amide bonds. The van der Waals surface area contributed by atoms with Gasteiger partial charge in [-0.3, -0.25) is 25.0 Å². The first kappa shape index (κ1) is 19.6. The predicted octanol–water partition coefficient (Wildman–Crippen LogP) is 2.07. The van der Waals surface area contributed by atoms with Crippen LogP contribution >= 0.6 is 0 Å². The molecule has 0 radical (unpaired) electrons. The highest BCUT2D eigenvalue weighted by Gasteiger charge is 2.29. The third-order valence-corrected chi connectivity index (χ3v) is 5.34. The van der Waals surface area contributed by atoms with Crippen LogP contribution < -0.4 is 15.5 Å². The van der Waals surface area contributed by atoms with Gasteiger partial charge in [-0.1, -0.05) is 0 Å². The zero-order valence-electron chi connectivity index (χ0n) is 16.4. The van der Waals surface area contributed by atoms with Gasteiger partial charge in [0.2, 0.25) is 0 Å². The van der Waals surface area contributed by atoms with Gasteiger partial charge >= 0.3 is 0 Å². The second-order valence-electron chi connectivity index (χ2n) is 7.31. The van der Waals surface area contributed by atoms with Crippen LogP contribution in [-0.4, -0.2) is 54.9 Å². The summed E-state index contributed by atoms with van der Waals surface area (Å²) in [5.74, 6) is -1.17. The number of rotatable bonds is 4. The van der Waals surface area contributed by atoms with Gasteiger partial charge in [-0.05, 0) is 37.4 Å². The molecule has 0 unspecified atom stereocenters. The minimum absolute atomic E-state index is 0.163. The molecule has 2 N–H and O–H groups in total. The summed E-state index contributed by atoms with van der Waals surface area (Å²) >= 11 is 0. The van der Waals surface area contributed by atoms with E-state index in [1.165, 1.54) is 24.4 Å². The SMILES string of the molecule is CN1CCN(c2ccc(N/C=C3\C(=O)NC(=O)c4ccc([N+](=O)[O-])cc43)cc2)CC1. The van der Waals surface area contributed by atoms with E-state index in [0.717, 1.165) is 37.6 Å². The van der Waals surface area contributed by atoms with Crippen molar-refractivity contribution in [2.75, 3.05) is 43.4 Å². The minimum Gasteiger partial charge on any atom is -0.369 e. The Morgan fingerprint density at radius 2 is 1.70 bits per heavy atom. The fourth-order valence-electron chi connectivity index (χ4n) is 3.56. The van der Waals surface area contributed by atoms with E-state index in [1.807, 2.05) is 24.3 Å². The number of piperazine rings is 1. The highest BCUT2D eigenvalue weighted by atomic mass is 16.6. The molecule has 30 heavy (non-hydrogen) atoms. The van der Waals surface area contributed by atoms with Crippen molar-refractivity contribution in [1.29, 1.82) is 0 Å². The fraction of sp³-hybridized carbons (Fsp3) is 0.238. The topological polar surface area (TPSA) is 108 Å². The van der Waals surface area contributed by atoms with Crippen molar-refractivity contribution in [3.63, 3.8) is 0 Å². The number of nitrogens with one attached hydrogen (secondary N) is 2. The van der Waals surface area contributed by atoms with Crippen molar-refractivity contribution in [3.05, 3.63) is 69.9 Å². The summed E-state index contributed by atoms with van der Waals surface area (Å²) in [6.45, 7) is 3.98. The number of imide groups is 1. The van der Waals surface area contributed by atoms with Gasteiger partial charge < -0.3 is 15.1 Å². The molecule has 0 aliphatic carbocycles. The van der Waals surface area contributed by atoms with Crippen LogP contribution in [0.4, 0.5) is 17.1 Å². The molecule has 2 aliphatic heterocycles. The molecular formula is C21H21N5O4. The first-order valence-electron chi connectivity index (χ1n) is 9.57. The van der Waals surface area contributed by atoms with Crippen molar-refractivity contribution < 1.29 is 14.5 Å². The molecule has 2 aliphatic rings. The number of non-ortho nitro benzene ring substituents is 1. The summed E-state index contributed by atoms with van der Waals surface area (Å²) in [4.78, 5) is 39.5. The lowest BCUT2D eigenvalue weighted by Crippen LogP contribution is -2.44. The van der Waals surface area contributed by atoms with Crippen molar-refractivity contribution in [1.82, 2.24) is 10.2 Å². The maximum Gasteiger partial charge on any atom is 0.270 e. The summed E-state index contributed by atoms with van der Waals surface area (Å²) in [5, 5.41) is 16.4. The molecule has 2 aromatic rings. The molecule has 0 aromatic heterocycles. The van der Waals surface area contributed by atoms with E-state index in [4.69, 9.17) is 0 Å². The van der Waals surface area contributed by atoms with Crippen molar-refractivity contribution in [3.8, 4) is 0 Å². The minimum atomic E-state index is -0.602. The van der Waals surface area contributed by atoms with Gasteiger partial charge in [0.1, 0.15) is 0 Å². The van der Waals surface area contributed by atoms with E-state index in [9.17, 15) is 19.7 Å². The maximum absolute atomic E-state index is 12.3. The summed E-state index contributed by atoms with van der Waals surface area (Å²) in [6.07, 6.45) is 1.47. The number of amides is 2. The number of fused-ring (bicyclic) bond motifs is 1. The molecule has 2 heterocycles. The van der Waals surface area contributed by atoms with Gasteiger partial charge in [-0.2, -0.15) is 0 Å². The maximum atomic E-state index is 12.3. The second-order valence-corrected chi connectivity index (χ2v) is 7.31. The average Bonchev–Trinajstić information content (AvgIpc) is 2.74. The van der Waals surface area contributed by atoms with E-state index >= 15 is 0 Å². The zero-order chi connectivity index (χ0) is 21.3. The first-order chi connectivity index (χ1) is 14.4. The van der Waals surface area contributed by atoms with Crippen LogP contribution in [0.5, 0.6) is 0 Å². The number of anilines is 2. The van der Waals surface area contributed by atoms with Gasteiger partial charge in [0.15, 0.2) is 0 Å². The van der Waals surface area contributed by atoms with E-state index in [0.29, 0.717) is 0 Å². The molecule has 4 rings (SSSR count). The van der Waals surface area contributed by atoms with Crippen molar-refractivity contribution >= 4 is 34.4 Å². The van der Waals surface area contributed by atoms with Crippen LogP contribution in [0.1, 0.15) is 15.9 Å². The Labute approximate surface area is 173 Å². The number of hydrogen-bond donors (Lipinski definition) is 2. The molecule has 0 saturated carbocycles. The smallest absolute Gasteiger partial charge is 0.270 e. The number of carbonyl (C=O) groups is 2. The molecule has 0 bridgehead atoms. The Morgan fingerprint density at radius 1 is 1.00 bits per heavy atom. The summed E-state index contributed by atoms with van der Waals surface area (Å²) < 4.78 is 0. The van der Waals surface area contributed by atoms with E-state index < -0.39 is 16.7 Å². The van der Waals surface area contributed by atoms with Crippen LogP contribution in [0.3, 0.4) is 0 Å². The predicted molar refractivity (Wildman–Crippen MR) is 113 cm³/mol. The Bertz CT molecular complexity index is 1040. The van der Waals surface area contributed by atoms with Crippen LogP contribution in [0, 0.1) is 10.1 Å². The molecule has 1 fully saturated rings. The monoisotopic (exact) mass is 407 g/mol. The van der Waals surface area contributed by atoms with Crippen LogP contribution in [-0.2, 0) is 4.79 Å². The van der Waals surface area contributed by atoms with Crippen LogP contribution in [0.15, 0.2) is 48.7 Å². The molecule has 0 spiro atoms. The van der Waals surface area contributed by atoms with Gasteiger partial charge in [0, 0.05) is 67.0 Å². The number of hydrogen-bond acceptors (Lipinski definition) is 7. The molecule has 1 saturated heterocycles. The highest BCUT2D eigenvalue weighted by Crippen LogP contribution is 2.28. The fourth-order valence-corrected chi connectivity index (χ4v) is 3.56. The van der Waals surface area contributed by atoms with Gasteiger partial charge in [0.25, 0.3) is 17.5 Å². The molecule has 2 aromatic carbocycles. The molecule has 9 nitrogen and oxygen atoms in total. The second kappa shape index (κ2) is 7.96. The third kappa shape index (κ3) is 3.87. The molecule has 9 heteroatoms. The van der Waals surface area contributed by atoms with Gasteiger partial charge in [-0.25, -0.2) is 0 Å². The van der Waals surface area contributed by atoms with Crippen molar-refractivity contribution in [2.45, 2.75) is 0 Å². The Morgan fingerprint density at radius 3 is 2.37 bits per heavy atom. The van der Waals surface area contributed by atoms with Crippen LogP contribution in [0.25, 0.3) is 5.57 Å². The zero-order valence-corrected chi connectivity index (χ0v) is 16.4. The van der Waals surface area contributed by atoms with E-state index in [2.05, 4.69) is 27.5 Å². The largest absolute Gasteiger partial charge is 0.369 e. The summed E-state index contributed by atoms with van der Waals surface area (Å²) in [7, 11) is 2.11. The number of benzene rings is 2. The lowest BCUT2D eigenvalue weighted by molar-refractivity contribution is -0.384. The van der Waals surface area contributed by atoms with Crippen molar-refractivity contribution in [2.24, 2.45) is 0 Å². The molecule has 0 atom stereocenters. The Balaban J connectivity index is 1.56.